The number of carbonyl (C=O) groups excluding carboxylic acids is 1. The van der Waals surface area contributed by atoms with Crippen LogP contribution in [0.15, 0.2) is 161 Å². The van der Waals surface area contributed by atoms with Gasteiger partial charge in [0, 0.05) is 48.3 Å². The van der Waals surface area contributed by atoms with Crippen LogP contribution < -0.4 is 0 Å². The fraction of sp³-hybridized carbons (Fsp3) is 0.0227. The molecule has 9 rings (SSSR count). The topological polar surface area (TPSA) is 61.1 Å². The smallest absolute Gasteiger partial charge is 0.268 e. The Hall–Kier alpha value is -5.83. The van der Waals surface area contributed by atoms with Crippen LogP contribution in [-0.4, -0.2) is 22.7 Å². The quantitative estimate of drug-likeness (QED) is 0.158. The van der Waals surface area contributed by atoms with E-state index in [1.807, 2.05) is 96.4 Å². The molecule has 0 saturated carbocycles. The number of ketones is 1. The van der Waals surface area contributed by atoms with Gasteiger partial charge in [-0.1, -0.05) is 131 Å². The summed E-state index contributed by atoms with van der Waals surface area (Å²) in [7, 11) is -4.20. The van der Waals surface area contributed by atoms with Gasteiger partial charge in [0.1, 0.15) is 5.82 Å². The number of rotatable bonds is 6. The molecule has 7 aromatic carbocycles. The second kappa shape index (κ2) is 12.1. The molecule has 0 spiro atoms. The minimum absolute atomic E-state index is 0.130. The standard InChI is InChI=1S/C44H28BrFN2O3S/c1-27-23-25-29(26-24-27)52(50,51)48-39-22-10-18-35(45)41(39)33-16-7-15-32(42(33)48)40-34(44(49)28-11-3-2-4-12-28)17-9-21-38(40)47-37-20-6-5-13-30(37)31-14-8-19-36(46)43(31)47/h2-26H,1H3. The van der Waals surface area contributed by atoms with Gasteiger partial charge in [0.05, 0.1) is 32.6 Å². The Morgan fingerprint density at radius 3 is 2.10 bits per heavy atom. The number of halogens is 2. The molecule has 0 amide bonds. The van der Waals surface area contributed by atoms with Gasteiger partial charge in [-0.2, -0.15) is 0 Å². The van der Waals surface area contributed by atoms with Gasteiger partial charge in [-0.3, -0.25) is 4.79 Å². The van der Waals surface area contributed by atoms with Gasteiger partial charge >= 0.3 is 0 Å². The third-order valence-corrected chi connectivity index (χ3v) is 12.1. The van der Waals surface area contributed by atoms with Crippen LogP contribution in [-0.2, 0) is 10.0 Å². The molecule has 52 heavy (non-hydrogen) atoms. The van der Waals surface area contributed by atoms with E-state index >= 15 is 4.39 Å². The Balaban J connectivity index is 1.49. The first-order valence-corrected chi connectivity index (χ1v) is 18.9. The van der Waals surface area contributed by atoms with E-state index in [1.165, 1.54) is 10.0 Å². The van der Waals surface area contributed by atoms with E-state index in [0.29, 0.717) is 55.3 Å². The Bertz CT molecular complexity index is 3020. The third kappa shape index (κ3) is 4.78. The number of hydrogen-bond acceptors (Lipinski definition) is 3. The summed E-state index contributed by atoms with van der Waals surface area (Å²) in [5, 5.41) is 2.96. The maximum Gasteiger partial charge on any atom is 0.268 e. The first-order valence-electron chi connectivity index (χ1n) is 16.7. The maximum absolute atomic E-state index is 16.1. The molecule has 2 aromatic heterocycles. The number of fused-ring (bicyclic) bond motifs is 6. The van der Waals surface area contributed by atoms with Gasteiger partial charge in [-0.15, -0.1) is 0 Å². The molecular formula is C44H28BrFN2O3S. The predicted octanol–water partition coefficient (Wildman–Crippen LogP) is 11.2. The van der Waals surface area contributed by atoms with Crippen LogP contribution in [0.2, 0.25) is 0 Å². The summed E-state index contributed by atoms with van der Waals surface area (Å²) < 4.78 is 49.9. The van der Waals surface area contributed by atoms with Gasteiger partial charge in [0.15, 0.2) is 5.78 Å². The molecular weight excluding hydrogens is 735 g/mol. The van der Waals surface area contributed by atoms with Crippen molar-refractivity contribution in [3.63, 3.8) is 0 Å². The monoisotopic (exact) mass is 762 g/mol. The molecule has 0 N–H and O–H groups in total. The average molecular weight is 764 g/mol. The minimum atomic E-state index is -4.20. The molecule has 0 fully saturated rings. The normalized spacial score (nSPS) is 12.0. The van der Waals surface area contributed by atoms with Gasteiger partial charge in [0.2, 0.25) is 0 Å². The molecule has 0 unspecified atom stereocenters. The largest absolute Gasteiger partial charge is 0.306 e. The fourth-order valence-corrected chi connectivity index (χ4v) is 9.58. The molecule has 0 saturated heterocycles. The van der Waals surface area contributed by atoms with Crippen molar-refractivity contribution in [2.75, 3.05) is 0 Å². The van der Waals surface area contributed by atoms with E-state index in [1.54, 1.807) is 60.7 Å². The third-order valence-electron chi connectivity index (χ3n) is 9.76. The van der Waals surface area contributed by atoms with Crippen LogP contribution in [0.1, 0.15) is 21.5 Å². The fourth-order valence-electron chi connectivity index (χ4n) is 7.47. The first-order chi connectivity index (χ1) is 25.3. The van der Waals surface area contributed by atoms with Crippen LogP contribution in [0.3, 0.4) is 0 Å². The number of hydrogen-bond donors (Lipinski definition) is 0. The molecule has 0 aliphatic rings. The summed E-state index contributed by atoms with van der Waals surface area (Å²) in [6.07, 6.45) is 0. The highest BCUT2D eigenvalue weighted by Gasteiger charge is 2.30. The molecule has 9 aromatic rings. The Morgan fingerprint density at radius 1 is 0.635 bits per heavy atom. The minimum Gasteiger partial charge on any atom is -0.306 e. The molecule has 0 radical (unpaired) electrons. The molecule has 252 valence electrons. The highest BCUT2D eigenvalue weighted by Crippen LogP contribution is 2.45. The van der Waals surface area contributed by atoms with Crippen LogP contribution in [0.25, 0.3) is 60.4 Å². The second-order valence-electron chi connectivity index (χ2n) is 12.8. The molecule has 2 heterocycles. The van der Waals surface area contributed by atoms with Crippen LogP contribution in [0.4, 0.5) is 4.39 Å². The molecule has 0 bridgehead atoms. The van der Waals surface area contributed by atoms with E-state index in [4.69, 9.17) is 0 Å². The number of aryl methyl sites for hydroxylation is 1. The Kier molecular flexibility index (Phi) is 7.50. The number of para-hydroxylation sites is 3. The Morgan fingerprint density at radius 2 is 1.29 bits per heavy atom. The molecule has 8 heteroatoms. The molecule has 0 aliphatic carbocycles. The lowest BCUT2D eigenvalue weighted by Crippen LogP contribution is -2.14. The summed E-state index contributed by atoms with van der Waals surface area (Å²) in [5.41, 5.74) is 5.26. The van der Waals surface area contributed by atoms with Crippen molar-refractivity contribution in [1.82, 2.24) is 8.54 Å². The van der Waals surface area contributed by atoms with E-state index in [9.17, 15) is 13.2 Å². The SMILES string of the molecule is Cc1ccc(S(=O)(=O)n2c3cccc(Br)c3c3cccc(-c4c(C(=O)c5ccccc5)cccc4-n4c5ccccc5c5cccc(F)c54)c32)cc1. The van der Waals surface area contributed by atoms with Crippen molar-refractivity contribution >= 4 is 75.3 Å². The molecule has 0 atom stereocenters. The molecule has 0 aliphatic heterocycles. The van der Waals surface area contributed by atoms with Gasteiger partial charge in [-0.05, 0) is 49.4 Å². The lowest BCUT2D eigenvalue weighted by atomic mass is 9.91. The summed E-state index contributed by atoms with van der Waals surface area (Å²) >= 11 is 3.71. The van der Waals surface area contributed by atoms with Gasteiger partial charge in [-0.25, -0.2) is 16.8 Å². The predicted molar refractivity (Wildman–Crippen MR) is 211 cm³/mol. The van der Waals surface area contributed by atoms with Crippen molar-refractivity contribution in [3.8, 4) is 16.8 Å². The second-order valence-corrected chi connectivity index (χ2v) is 15.4. The number of aromatic nitrogens is 2. The van der Waals surface area contributed by atoms with Crippen LogP contribution >= 0.6 is 15.9 Å². The van der Waals surface area contributed by atoms with E-state index in [2.05, 4.69) is 15.9 Å². The molecule has 5 nitrogen and oxygen atoms in total. The lowest BCUT2D eigenvalue weighted by Gasteiger charge is -2.20. The van der Waals surface area contributed by atoms with Crippen molar-refractivity contribution in [2.45, 2.75) is 11.8 Å². The van der Waals surface area contributed by atoms with Gasteiger partial charge in [0.25, 0.3) is 10.0 Å². The summed E-state index contributed by atoms with van der Waals surface area (Å²) in [6.45, 7) is 1.91. The maximum atomic E-state index is 16.1. The average Bonchev–Trinajstić information content (AvgIpc) is 3.70. The summed E-state index contributed by atoms with van der Waals surface area (Å²) in [5.74, 6) is -0.668. The van der Waals surface area contributed by atoms with Crippen molar-refractivity contribution in [2.24, 2.45) is 0 Å². The summed E-state index contributed by atoms with van der Waals surface area (Å²) in [6, 6.07) is 45.0. The van der Waals surface area contributed by atoms with Crippen LogP contribution in [0, 0.1) is 12.7 Å². The van der Waals surface area contributed by atoms with Crippen molar-refractivity contribution < 1.29 is 17.6 Å². The van der Waals surface area contributed by atoms with Crippen LogP contribution in [0.5, 0.6) is 0 Å². The van der Waals surface area contributed by atoms with E-state index in [-0.39, 0.29) is 10.7 Å². The number of carbonyl (C=O) groups is 1. The lowest BCUT2D eigenvalue weighted by molar-refractivity contribution is 0.103. The zero-order valence-electron chi connectivity index (χ0n) is 27.7. The summed E-state index contributed by atoms with van der Waals surface area (Å²) in [4.78, 5) is 14.8. The number of benzene rings is 7. The van der Waals surface area contributed by atoms with Crippen molar-refractivity contribution in [3.05, 3.63) is 179 Å². The van der Waals surface area contributed by atoms with E-state index in [0.717, 1.165) is 26.3 Å². The zero-order chi connectivity index (χ0) is 35.7. The van der Waals surface area contributed by atoms with E-state index < -0.39 is 15.8 Å². The van der Waals surface area contributed by atoms with Crippen molar-refractivity contribution in [1.29, 1.82) is 0 Å². The Labute approximate surface area is 307 Å². The van der Waals surface area contributed by atoms with Gasteiger partial charge < -0.3 is 4.57 Å². The number of nitrogens with zero attached hydrogens (tertiary/aromatic N) is 2. The first kappa shape index (κ1) is 32.1. The highest BCUT2D eigenvalue weighted by molar-refractivity contribution is 9.10. The highest BCUT2D eigenvalue weighted by atomic mass is 79.9. The zero-order valence-corrected chi connectivity index (χ0v) is 30.1.